The summed E-state index contributed by atoms with van der Waals surface area (Å²) in [4.78, 5) is 0. The van der Waals surface area contributed by atoms with E-state index in [0.29, 0.717) is 19.3 Å². The fourth-order valence-corrected chi connectivity index (χ4v) is 4.44. The van der Waals surface area contributed by atoms with E-state index in [1.165, 1.54) is 5.56 Å². The molecule has 5 rings (SSSR count). The molecule has 0 amide bonds. The molecule has 0 saturated carbocycles. The van der Waals surface area contributed by atoms with Gasteiger partial charge in [-0.25, -0.2) is 4.68 Å². The Labute approximate surface area is 182 Å². The van der Waals surface area contributed by atoms with Crippen LogP contribution >= 0.6 is 0 Å². The van der Waals surface area contributed by atoms with Gasteiger partial charge in [-0.15, -0.1) is 5.10 Å². The standard InChI is InChI=1S/C24H28N4O3/c1-3-8-18(9-4-1)10-7-13-25-21-16-30-24-22(17-31-23(21)24)28-14-19(26-27-28)15-29-20-11-5-2-6-12-20/h1-6,8-9,11-12,14,21-25H,7,10,13,15-17H2/p+1/t21-,22-,23+,24+/m0/s1. The van der Waals surface area contributed by atoms with Gasteiger partial charge in [0, 0.05) is 6.42 Å². The highest BCUT2D eigenvalue weighted by molar-refractivity contribution is 5.21. The summed E-state index contributed by atoms with van der Waals surface area (Å²) in [6.45, 7) is 2.79. The Bertz CT molecular complexity index is 950. The molecule has 0 bridgehead atoms. The summed E-state index contributed by atoms with van der Waals surface area (Å²) >= 11 is 0. The topological polar surface area (TPSA) is 75.0 Å². The van der Waals surface area contributed by atoms with Crippen LogP contribution in [0.5, 0.6) is 5.75 Å². The largest absolute Gasteiger partial charge is 0.487 e. The quantitative estimate of drug-likeness (QED) is 0.533. The number of fused-ring (bicyclic) bond motifs is 1. The Balaban J connectivity index is 1.10. The van der Waals surface area contributed by atoms with E-state index in [0.717, 1.165) is 37.4 Å². The lowest BCUT2D eigenvalue weighted by molar-refractivity contribution is -0.693. The van der Waals surface area contributed by atoms with Gasteiger partial charge in [0.15, 0.2) is 0 Å². The SMILES string of the molecule is c1ccc(CCC[NH2+][C@H]2CO[C@H]3[C@@H]2OC[C@@H]3n2cc(COc3ccccc3)nn2)cc1. The minimum atomic E-state index is 0.0277. The maximum atomic E-state index is 6.13. The number of rotatable bonds is 9. The first kappa shape index (κ1) is 20.2. The molecule has 7 nitrogen and oxygen atoms in total. The van der Waals surface area contributed by atoms with Crippen molar-refractivity contribution in [1.82, 2.24) is 15.0 Å². The molecule has 2 saturated heterocycles. The van der Waals surface area contributed by atoms with Crippen LogP contribution in [0.1, 0.15) is 23.7 Å². The summed E-state index contributed by atoms with van der Waals surface area (Å²) in [6.07, 6.45) is 4.33. The van der Waals surface area contributed by atoms with Gasteiger partial charge < -0.3 is 19.5 Å². The van der Waals surface area contributed by atoms with Crippen LogP contribution in [-0.2, 0) is 22.5 Å². The van der Waals surface area contributed by atoms with E-state index in [9.17, 15) is 0 Å². The Hall–Kier alpha value is -2.74. The first-order chi connectivity index (χ1) is 15.4. The number of ether oxygens (including phenoxy) is 3. The van der Waals surface area contributed by atoms with Gasteiger partial charge in [-0.05, 0) is 24.1 Å². The first-order valence-corrected chi connectivity index (χ1v) is 11.1. The van der Waals surface area contributed by atoms with Crippen molar-refractivity contribution < 1.29 is 19.5 Å². The highest BCUT2D eigenvalue weighted by Gasteiger charge is 2.50. The van der Waals surface area contributed by atoms with E-state index in [4.69, 9.17) is 14.2 Å². The molecule has 3 heterocycles. The Morgan fingerprint density at radius 3 is 2.58 bits per heavy atom. The number of hydrogen-bond acceptors (Lipinski definition) is 5. The fourth-order valence-electron chi connectivity index (χ4n) is 4.44. The minimum absolute atomic E-state index is 0.0277. The van der Waals surface area contributed by atoms with Crippen molar-refractivity contribution in [3.05, 3.63) is 78.1 Å². The zero-order chi connectivity index (χ0) is 20.9. The smallest absolute Gasteiger partial charge is 0.140 e. The van der Waals surface area contributed by atoms with Gasteiger partial charge in [0.25, 0.3) is 0 Å². The van der Waals surface area contributed by atoms with Crippen molar-refractivity contribution in [3.63, 3.8) is 0 Å². The van der Waals surface area contributed by atoms with Crippen LogP contribution in [0, 0.1) is 0 Å². The molecule has 2 aliphatic rings. The number of aromatic nitrogens is 3. The van der Waals surface area contributed by atoms with Crippen molar-refractivity contribution >= 4 is 0 Å². The normalized spacial score (nSPS) is 24.9. The van der Waals surface area contributed by atoms with Crippen molar-refractivity contribution in [3.8, 4) is 5.75 Å². The lowest BCUT2D eigenvalue weighted by atomic mass is 10.1. The van der Waals surface area contributed by atoms with Gasteiger partial charge in [-0.3, -0.25) is 0 Å². The van der Waals surface area contributed by atoms with E-state index < -0.39 is 0 Å². The molecule has 2 aliphatic heterocycles. The van der Waals surface area contributed by atoms with E-state index in [-0.39, 0.29) is 18.2 Å². The number of hydrogen-bond donors (Lipinski definition) is 1. The zero-order valence-corrected chi connectivity index (χ0v) is 17.5. The lowest BCUT2D eigenvalue weighted by Crippen LogP contribution is -2.92. The second-order valence-corrected chi connectivity index (χ2v) is 8.23. The predicted octanol–water partition coefficient (Wildman–Crippen LogP) is 1.76. The van der Waals surface area contributed by atoms with Crippen LogP contribution in [0.4, 0.5) is 0 Å². The third kappa shape index (κ3) is 4.79. The van der Waals surface area contributed by atoms with Gasteiger partial charge in [-0.2, -0.15) is 0 Å². The van der Waals surface area contributed by atoms with E-state index in [1.54, 1.807) is 0 Å². The van der Waals surface area contributed by atoms with Gasteiger partial charge >= 0.3 is 0 Å². The lowest BCUT2D eigenvalue weighted by Gasteiger charge is -2.15. The molecule has 4 atom stereocenters. The molecule has 1 aromatic heterocycles. The van der Waals surface area contributed by atoms with Gasteiger partial charge in [0.2, 0.25) is 0 Å². The third-order valence-electron chi connectivity index (χ3n) is 6.07. The number of quaternary nitrogens is 1. The number of benzene rings is 2. The molecule has 2 aromatic carbocycles. The Morgan fingerprint density at radius 2 is 1.74 bits per heavy atom. The average Bonchev–Trinajstić information content (AvgIpc) is 3.54. The first-order valence-electron chi connectivity index (χ1n) is 11.1. The third-order valence-corrected chi connectivity index (χ3v) is 6.07. The van der Waals surface area contributed by atoms with Crippen LogP contribution in [0.25, 0.3) is 0 Å². The van der Waals surface area contributed by atoms with Crippen LogP contribution in [0.3, 0.4) is 0 Å². The summed E-state index contributed by atoms with van der Waals surface area (Å²) in [5.74, 6) is 0.825. The summed E-state index contributed by atoms with van der Waals surface area (Å²) in [5.41, 5.74) is 2.20. The predicted molar refractivity (Wildman–Crippen MR) is 115 cm³/mol. The maximum Gasteiger partial charge on any atom is 0.140 e. The monoisotopic (exact) mass is 421 g/mol. The maximum absolute atomic E-state index is 6.13. The number of nitrogens with zero attached hydrogens (tertiary/aromatic N) is 3. The fraction of sp³-hybridized carbons (Fsp3) is 0.417. The number of nitrogens with two attached hydrogens (primary N) is 1. The molecule has 0 unspecified atom stereocenters. The molecule has 0 spiro atoms. The van der Waals surface area contributed by atoms with Crippen molar-refractivity contribution in [1.29, 1.82) is 0 Å². The van der Waals surface area contributed by atoms with E-state index >= 15 is 0 Å². The molecule has 31 heavy (non-hydrogen) atoms. The highest BCUT2D eigenvalue weighted by atomic mass is 16.6. The van der Waals surface area contributed by atoms with Crippen molar-refractivity contribution in [2.75, 3.05) is 19.8 Å². The van der Waals surface area contributed by atoms with Crippen LogP contribution in [0.15, 0.2) is 66.9 Å². The molecular formula is C24H29N4O3+. The molecule has 7 heteroatoms. The Morgan fingerprint density at radius 1 is 0.968 bits per heavy atom. The van der Waals surface area contributed by atoms with Gasteiger partial charge in [0.1, 0.15) is 48.9 Å². The van der Waals surface area contributed by atoms with Crippen LogP contribution in [-0.4, -0.2) is 53.0 Å². The molecule has 2 fully saturated rings. The van der Waals surface area contributed by atoms with Crippen LogP contribution in [0.2, 0.25) is 0 Å². The number of para-hydroxylation sites is 1. The van der Waals surface area contributed by atoms with Gasteiger partial charge in [0.05, 0.1) is 19.3 Å². The second kappa shape index (κ2) is 9.60. The summed E-state index contributed by atoms with van der Waals surface area (Å²) in [7, 11) is 0. The van der Waals surface area contributed by atoms with Crippen LogP contribution < -0.4 is 10.1 Å². The minimum Gasteiger partial charge on any atom is -0.487 e. The summed E-state index contributed by atoms with van der Waals surface area (Å²) < 4.78 is 19.9. The summed E-state index contributed by atoms with van der Waals surface area (Å²) in [6, 6.07) is 20.8. The molecular weight excluding hydrogens is 392 g/mol. The van der Waals surface area contributed by atoms with E-state index in [1.807, 2.05) is 41.2 Å². The van der Waals surface area contributed by atoms with Crippen molar-refractivity contribution in [2.24, 2.45) is 0 Å². The second-order valence-electron chi connectivity index (χ2n) is 8.23. The van der Waals surface area contributed by atoms with Crippen molar-refractivity contribution in [2.45, 2.75) is 43.7 Å². The highest BCUT2D eigenvalue weighted by Crippen LogP contribution is 2.32. The average molecular weight is 422 g/mol. The Kier molecular flexibility index (Phi) is 6.25. The number of aryl methyl sites for hydroxylation is 1. The zero-order valence-electron chi connectivity index (χ0n) is 17.5. The van der Waals surface area contributed by atoms with Gasteiger partial charge in [-0.1, -0.05) is 53.7 Å². The molecule has 0 radical (unpaired) electrons. The molecule has 162 valence electrons. The molecule has 3 aromatic rings. The molecule has 2 N–H and O–H groups in total. The van der Waals surface area contributed by atoms with E-state index in [2.05, 4.69) is 46.0 Å². The summed E-state index contributed by atoms with van der Waals surface area (Å²) in [5, 5.41) is 11.0. The molecule has 0 aliphatic carbocycles.